The van der Waals surface area contributed by atoms with Crippen LogP contribution in [0.25, 0.3) is 0 Å². The summed E-state index contributed by atoms with van der Waals surface area (Å²) in [6.07, 6.45) is 8.23. The third-order valence-electron chi connectivity index (χ3n) is 5.80. The van der Waals surface area contributed by atoms with Crippen molar-refractivity contribution in [3.05, 3.63) is 0 Å². The van der Waals surface area contributed by atoms with Crippen LogP contribution >= 0.6 is 12.4 Å². The van der Waals surface area contributed by atoms with Crippen molar-refractivity contribution < 1.29 is 4.79 Å². The van der Waals surface area contributed by atoms with Gasteiger partial charge in [-0.2, -0.15) is 0 Å². The van der Waals surface area contributed by atoms with Gasteiger partial charge in [-0.05, 0) is 57.0 Å². The second-order valence-electron chi connectivity index (χ2n) is 6.93. The van der Waals surface area contributed by atoms with Crippen LogP contribution < -0.4 is 5.32 Å². The fourth-order valence-electron chi connectivity index (χ4n) is 4.41. The summed E-state index contributed by atoms with van der Waals surface area (Å²) in [5.41, 5.74) is 0.0481. The van der Waals surface area contributed by atoms with E-state index in [1.165, 1.54) is 32.4 Å². The molecule has 4 heteroatoms. The molecule has 20 heavy (non-hydrogen) atoms. The van der Waals surface area contributed by atoms with E-state index in [9.17, 15) is 4.79 Å². The number of hydrogen-bond donors (Lipinski definition) is 1. The highest BCUT2D eigenvalue weighted by Gasteiger charge is 2.46. The van der Waals surface area contributed by atoms with E-state index in [-0.39, 0.29) is 17.8 Å². The number of fused-ring (bicyclic) bond motifs is 1. The standard InChI is InChI=1S/C16H28N2O.ClH/c1-2-6-16(7-3-8-16)15(19)18-9-4-13-11-17-12-14(13)5-10-18;/h13-14,17H,2-12H2,1H3;1H/t13-,14+;. The van der Waals surface area contributed by atoms with Crippen molar-refractivity contribution in [2.24, 2.45) is 17.3 Å². The summed E-state index contributed by atoms with van der Waals surface area (Å²) >= 11 is 0. The number of halogens is 1. The molecule has 0 aromatic carbocycles. The Morgan fingerprint density at radius 1 is 1.20 bits per heavy atom. The van der Waals surface area contributed by atoms with E-state index >= 15 is 0 Å². The minimum atomic E-state index is 0. The zero-order valence-electron chi connectivity index (χ0n) is 12.7. The van der Waals surface area contributed by atoms with E-state index in [2.05, 4.69) is 17.1 Å². The molecule has 2 aliphatic heterocycles. The lowest BCUT2D eigenvalue weighted by molar-refractivity contribution is -0.148. The van der Waals surface area contributed by atoms with E-state index in [4.69, 9.17) is 0 Å². The van der Waals surface area contributed by atoms with Gasteiger partial charge in [-0.15, -0.1) is 12.4 Å². The lowest BCUT2D eigenvalue weighted by Crippen LogP contribution is -2.48. The molecule has 2 atom stereocenters. The SMILES string of the molecule is CCCC1(C(=O)N2CC[C@@H]3CNC[C@@H]3CC2)CCC1.Cl. The van der Waals surface area contributed by atoms with Gasteiger partial charge in [-0.1, -0.05) is 19.8 Å². The summed E-state index contributed by atoms with van der Waals surface area (Å²) in [5, 5.41) is 3.51. The first-order chi connectivity index (χ1) is 9.25. The quantitative estimate of drug-likeness (QED) is 0.869. The van der Waals surface area contributed by atoms with Crippen molar-refractivity contribution in [1.82, 2.24) is 10.2 Å². The Morgan fingerprint density at radius 3 is 2.25 bits per heavy atom. The molecular formula is C16H29ClN2O. The highest BCUT2D eigenvalue weighted by atomic mass is 35.5. The molecule has 3 fully saturated rings. The molecule has 1 N–H and O–H groups in total. The maximum Gasteiger partial charge on any atom is 0.228 e. The van der Waals surface area contributed by atoms with Gasteiger partial charge in [0.15, 0.2) is 0 Å². The predicted octanol–water partition coefficient (Wildman–Crippen LogP) is 2.84. The molecular weight excluding hydrogens is 272 g/mol. The molecule has 0 radical (unpaired) electrons. The first-order valence-electron chi connectivity index (χ1n) is 8.25. The molecule has 116 valence electrons. The zero-order valence-corrected chi connectivity index (χ0v) is 13.5. The number of likely N-dealkylation sites (tertiary alicyclic amines) is 1. The molecule has 2 heterocycles. The lowest BCUT2D eigenvalue weighted by Gasteiger charge is -2.43. The van der Waals surface area contributed by atoms with Crippen molar-refractivity contribution in [2.45, 2.75) is 51.9 Å². The molecule has 0 bridgehead atoms. The van der Waals surface area contributed by atoms with Crippen LogP contribution in [0, 0.1) is 17.3 Å². The minimum Gasteiger partial charge on any atom is -0.342 e. The van der Waals surface area contributed by atoms with Gasteiger partial charge in [-0.25, -0.2) is 0 Å². The number of nitrogens with one attached hydrogen (secondary N) is 1. The number of rotatable bonds is 3. The van der Waals surface area contributed by atoms with E-state index < -0.39 is 0 Å². The molecule has 0 aromatic rings. The molecule has 0 unspecified atom stereocenters. The highest BCUT2D eigenvalue weighted by Crippen LogP contribution is 2.46. The second kappa shape index (κ2) is 6.65. The van der Waals surface area contributed by atoms with E-state index in [0.717, 1.165) is 50.6 Å². The molecule has 3 rings (SSSR count). The van der Waals surface area contributed by atoms with Gasteiger partial charge in [0.2, 0.25) is 5.91 Å². The first-order valence-corrected chi connectivity index (χ1v) is 8.25. The maximum atomic E-state index is 12.9. The number of nitrogens with zero attached hydrogens (tertiary/aromatic N) is 1. The number of carbonyl (C=O) groups excluding carboxylic acids is 1. The van der Waals surface area contributed by atoms with E-state index in [0.29, 0.717) is 5.91 Å². The fourth-order valence-corrected chi connectivity index (χ4v) is 4.41. The van der Waals surface area contributed by atoms with Gasteiger partial charge in [-0.3, -0.25) is 4.79 Å². The van der Waals surface area contributed by atoms with Crippen LogP contribution in [0.3, 0.4) is 0 Å². The molecule has 0 spiro atoms. The van der Waals surface area contributed by atoms with Crippen molar-refractivity contribution in [3.63, 3.8) is 0 Å². The van der Waals surface area contributed by atoms with Crippen LogP contribution in [-0.2, 0) is 4.79 Å². The Kier molecular flexibility index (Phi) is 5.36. The molecule has 1 aliphatic carbocycles. The molecule has 3 nitrogen and oxygen atoms in total. The minimum absolute atomic E-state index is 0. The average Bonchev–Trinajstić information content (AvgIpc) is 2.72. The van der Waals surface area contributed by atoms with Gasteiger partial charge < -0.3 is 10.2 Å². The van der Waals surface area contributed by atoms with Crippen LogP contribution in [0.2, 0.25) is 0 Å². The van der Waals surface area contributed by atoms with Crippen molar-refractivity contribution >= 4 is 18.3 Å². The summed E-state index contributed by atoms with van der Waals surface area (Å²) in [6.45, 7) is 6.58. The van der Waals surface area contributed by atoms with Crippen LogP contribution in [-0.4, -0.2) is 37.0 Å². The summed E-state index contributed by atoms with van der Waals surface area (Å²) in [4.78, 5) is 15.1. The Labute approximate surface area is 129 Å². The fraction of sp³-hybridized carbons (Fsp3) is 0.938. The van der Waals surface area contributed by atoms with Gasteiger partial charge in [0, 0.05) is 18.5 Å². The third-order valence-corrected chi connectivity index (χ3v) is 5.80. The molecule has 2 saturated heterocycles. The summed E-state index contributed by atoms with van der Waals surface area (Å²) in [7, 11) is 0. The van der Waals surface area contributed by atoms with Gasteiger partial charge in [0.05, 0.1) is 0 Å². The van der Waals surface area contributed by atoms with Crippen LogP contribution in [0.1, 0.15) is 51.9 Å². The van der Waals surface area contributed by atoms with E-state index in [1.54, 1.807) is 0 Å². The van der Waals surface area contributed by atoms with Gasteiger partial charge in [0.1, 0.15) is 0 Å². The number of carbonyl (C=O) groups is 1. The Hall–Kier alpha value is -0.280. The molecule has 0 aromatic heterocycles. The smallest absolute Gasteiger partial charge is 0.228 e. The topological polar surface area (TPSA) is 32.3 Å². The monoisotopic (exact) mass is 300 g/mol. The number of amides is 1. The normalized spacial score (nSPS) is 31.8. The van der Waals surface area contributed by atoms with Crippen LogP contribution in [0.4, 0.5) is 0 Å². The van der Waals surface area contributed by atoms with Gasteiger partial charge in [0.25, 0.3) is 0 Å². The van der Waals surface area contributed by atoms with E-state index in [1.807, 2.05) is 0 Å². The average molecular weight is 301 g/mol. The third kappa shape index (κ3) is 2.85. The van der Waals surface area contributed by atoms with Crippen LogP contribution in [0.5, 0.6) is 0 Å². The lowest BCUT2D eigenvalue weighted by atomic mass is 9.65. The molecule has 3 aliphatic rings. The van der Waals surface area contributed by atoms with Crippen molar-refractivity contribution in [1.29, 1.82) is 0 Å². The van der Waals surface area contributed by atoms with Crippen molar-refractivity contribution in [3.8, 4) is 0 Å². The van der Waals surface area contributed by atoms with Crippen molar-refractivity contribution in [2.75, 3.05) is 26.2 Å². The predicted molar refractivity (Wildman–Crippen MR) is 84.1 cm³/mol. The largest absolute Gasteiger partial charge is 0.342 e. The molecule has 1 amide bonds. The second-order valence-corrected chi connectivity index (χ2v) is 6.93. The first kappa shape index (κ1) is 16.1. The molecule has 1 saturated carbocycles. The van der Waals surface area contributed by atoms with Gasteiger partial charge >= 0.3 is 0 Å². The number of hydrogen-bond acceptors (Lipinski definition) is 2. The highest BCUT2D eigenvalue weighted by molar-refractivity contribution is 5.85. The Bertz CT molecular complexity index is 329. The summed E-state index contributed by atoms with van der Waals surface area (Å²) < 4.78 is 0. The Morgan fingerprint density at radius 2 is 1.80 bits per heavy atom. The summed E-state index contributed by atoms with van der Waals surface area (Å²) in [6, 6.07) is 0. The van der Waals surface area contributed by atoms with Crippen LogP contribution in [0.15, 0.2) is 0 Å². The zero-order chi connectivity index (χ0) is 13.3. The Balaban J connectivity index is 0.00000147. The maximum absolute atomic E-state index is 12.9. The summed E-state index contributed by atoms with van der Waals surface area (Å²) in [5.74, 6) is 2.14.